The van der Waals surface area contributed by atoms with Gasteiger partial charge in [0.1, 0.15) is 5.69 Å². The third-order valence-electron chi connectivity index (χ3n) is 2.72. The number of carboxylic acids is 1. The van der Waals surface area contributed by atoms with Gasteiger partial charge in [0.05, 0.1) is 6.20 Å². The molecule has 0 fully saturated rings. The molecule has 0 spiro atoms. The van der Waals surface area contributed by atoms with Gasteiger partial charge in [-0.3, -0.25) is 9.78 Å². The molecule has 1 heterocycles. The summed E-state index contributed by atoms with van der Waals surface area (Å²) in [4.78, 5) is 30.3. The van der Waals surface area contributed by atoms with Crippen molar-refractivity contribution in [2.45, 2.75) is 6.92 Å². The van der Waals surface area contributed by atoms with Crippen LogP contribution in [0.25, 0.3) is 6.08 Å². The van der Waals surface area contributed by atoms with Crippen molar-refractivity contribution in [2.24, 2.45) is 0 Å². The Bertz CT molecular complexity index is 697. The first kappa shape index (κ1) is 14.4. The smallest absolute Gasteiger partial charge is 0.328 e. The molecular weight excluding hydrogens is 270 g/mol. The number of hydrogen-bond donors (Lipinski definition) is 2. The molecule has 0 saturated carbocycles. The summed E-state index contributed by atoms with van der Waals surface area (Å²) in [6.07, 6.45) is 6.80. The Balaban J connectivity index is 2.21. The first-order valence-electron chi connectivity index (χ1n) is 6.15. The van der Waals surface area contributed by atoms with Crippen molar-refractivity contribution in [3.05, 3.63) is 59.7 Å². The Morgan fingerprint density at radius 2 is 2.10 bits per heavy atom. The van der Waals surface area contributed by atoms with Gasteiger partial charge in [0.2, 0.25) is 0 Å². The number of carbonyl (C=O) groups is 2. The van der Waals surface area contributed by atoms with Crippen LogP contribution in [0.2, 0.25) is 0 Å². The quantitative estimate of drug-likeness (QED) is 0.839. The molecule has 106 valence electrons. The fourth-order valence-electron chi connectivity index (χ4n) is 1.65. The molecule has 0 bridgehead atoms. The molecule has 1 aromatic heterocycles. The van der Waals surface area contributed by atoms with E-state index in [1.54, 1.807) is 18.2 Å². The average Bonchev–Trinajstić information content (AvgIpc) is 2.48. The number of nitrogens with zero attached hydrogens (tertiary/aromatic N) is 2. The molecular formula is C15H13N3O3. The van der Waals surface area contributed by atoms with Crippen molar-refractivity contribution in [3.8, 4) is 0 Å². The molecule has 6 heteroatoms. The van der Waals surface area contributed by atoms with E-state index in [2.05, 4.69) is 15.3 Å². The molecule has 2 N–H and O–H groups in total. The molecule has 1 aromatic carbocycles. The van der Waals surface area contributed by atoms with E-state index in [1.165, 1.54) is 24.7 Å². The third-order valence-corrected chi connectivity index (χ3v) is 2.72. The number of aromatic nitrogens is 2. The second-order valence-corrected chi connectivity index (χ2v) is 4.29. The molecule has 2 aromatic rings. The Morgan fingerprint density at radius 1 is 1.29 bits per heavy atom. The van der Waals surface area contributed by atoms with E-state index in [9.17, 15) is 9.59 Å². The van der Waals surface area contributed by atoms with E-state index >= 15 is 0 Å². The van der Waals surface area contributed by atoms with Crippen LogP contribution in [0.1, 0.15) is 21.6 Å². The highest BCUT2D eigenvalue weighted by atomic mass is 16.4. The van der Waals surface area contributed by atoms with Gasteiger partial charge in [-0.25, -0.2) is 9.78 Å². The van der Waals surface area contributed by atoms with Crippen LogP contribution in [-0.2, 0) is 4.79 Å². The lowest BCUT2D eigenvalue weighted by atomic mass is 10.1. The van der Waals surface area contributed by atoms with Gasteiger partial charge >= 0.3 is 5.97 Å². The van der Waals surface area contributed by atoms with E-state index in [0.717, 1.165) is 11.6 Å². The van der Waals surface area contributed by atoms with Gasteiger partial charge in [-0.15, -0.1) is 0 Å². The summed E-state index contributed by atoms with van der Waals surface area (Å²) in [7, 11) is 0. The van der Waals surface area contributed by atoms with Gasteiger partial charge in [0.15, 0.2) is 0 Å². The van der Waals surface area contributed by atoms with Crippen molar-refractivity contribution in [3.63, 3.8) is 0 Å². The first-order chi connectivity index (χ1) is 10.1. The number of aliphatic carboxylic acids is 1. The molecule has 0 saturated heterocycles. The second-order valence-electron chi connectivity index (χ2n) is 4.29. The van der Waals surface area contributed by atoms with Crippen LogP contribution in [0.3, 0.4) is 0 Å². The Morgan fingerprint density at radius 3 is 2.76 bits per heavy atom. The standard InChI is InChI=1S/C15H13N3O3/c1-10-2-3-11(4-5-14(19)20)8-12(10)18-15(21)13-9-16-6-7-17-13/h2-9H,1H3,(H,18,21)(H,19,20). The minimum atomic E-state index is -1.03. The summed E-state index contributed by atoms with van der Waals surface area (Å²) < 4.78 is 0. The van der Waals surface area contributed by atoms with Gasteiger partial charge in [0.25, 0.3) is 5.91 Å². The number of anilines is 1. The summed E-state index contributed by atoms with van der Waals surface area (Å²) in [5.74, 6) is -1.40. The number of nitrogens with one attached hydrogen (secondary N) is 1. The van der Waals surface area contributed by atoms with E-state index in [0.29, 0.717) is 11.3 Å². The monoisotopic (exact) mass is 283 g/mol. The molecule has 0 atom stereocenters. The maximum absolute atomic E-state index is 12.0. The SMILES string of the molecule is Cc1ccc(C=CC(=O)O)cc1NC(=O)c1cnccn1. The maximum Gasteiger partial charge on any atom is 0.328 e. The zero-order valence-electron chi connectivity index (χ0n) is 11.3. The minimum absolute atomic E-state index is 0.211. The predicted octanol–water partition coefficient (Wildman–Crippen LogP) is 2.14. The predicted molar refractivity (Wildman–Crippen MR) is 77.8 cm³/mol. The van der Waals surface area contributed by atoms with Crippen molar-refractivity contribution >= 4 is 23.6 Å². The molecule has 1 amide bonds. The number of aryl methyl sites for hydroxylation is 1. The lowest BCUT2D eigenvalue weighted by Gasteiger charge is -2.08. The average molecular weight is 283 g/mol. The number of carboxylic acid groups (broad SMARTS) is 1. The summed E-state index contributed by atoms with van der Waals surface area (Å²) >= 11 is 0. The van der Waals surface area contributed by atoms with Gasteiger partial charge < -0.3 is 10.4 Å². The van der Waals surface area contributed by atoms with Crippen LogP contribution in [0, 0.1) is 6.92 Å². The molecule has 0 unspecified atom stereocenters. The molecule has 0 radical (unpaired) electrons. The van der Waals surface area contributed by atoms with Crippen molar-refractivity contribution in [1.29, 1.82) is 0 Å². The van der Waals surface area contributed by atoms with Crippen molar-refractivity contribution < 1.29 is 14.7 Å². The second kappa shape index (κ2) is 6.42. The van der Waals surface area contributed by atoms with Gasteiger partial charge in [-0.2, -0.15) is 0 Å². The highest BCUT2D eigenvalue weighted by Gasteiger charge is 2.09. The molecule has 0 aliphatic heterocycles. The fourth-order valence-corrected chi connectivity index (χ4v) is 1.65. The van der Waals surface area contributed by atoms with Crippen LogP contribution >= 0.6 is 0 Å². The number of carbonyl (C=O) groups excluding carboxylic acids is 1. The number of rotatable bonds is 4. The summed E-state index contributed by atoms with van der Waals surface area (Å²) in [5.41, 5.74) is 2.35. The number of hydrogen-bond acceptors (Lipinski definition) is 4. The molecule has 0 aliphatic carbocycles. The highest BCUT2D eigenvalue weighted by Crippen LogP contribution is 2.18. The van der Waals surface area contributed by atoms with Crippen molar-refractivity contribution in [2.75, 3.05) is 5.32 Å². The van der Waals surface area contributed by atoms with Crippen LogP contribution in [-0.4, -0.2) is 27.0 Å². The Kier molecular flexibility index (Phi) is 4.40. The highest BCUT2D eigenvalue weighted by molar-refractivity contribution is 6.03. The number of benzene rings is 1. The molecule has 21 heavy (non-hydrogen) atoms. The number of amides is 1. The summed E-state index contributed by atoms with van der Waals surface area (Å²) in [6.45, 7) is 1.84. The lowest BCUT2D eigenvalue weighted by molar-refractivity contribution is -0.131. The van der Waals surface area contributed by atoms with E-state index < -0.39 is 5.97 Å². The van der Waals surface area contributed by atoms with Crippen LogP contribution in [0.5, 0.6) is 0 Å². The molecule has 6 nitrogen and oxygen atoms in total. The van der Waals surface area contributed by atoms with Gasteiger partial charge in [-0.1, -0.05) is 12.1 Å². The Hall–Kier alpha value is -3.02. The zero-order chi connectivity index (χ0) is 15.2. The van der Waals surface area contributed by atoms with Crippen LogP contribution < -0.4 is 5.32 Å². The lowest BCUT2D eigenvalue weighted by Crippen LogP contribution is -2.14. The summed E-state index contributed by atoms with van der Waals surface area (Å²) in [5, 5.41) is 11.4. The van der Waals surface area contributed by atoms with E-state index in [1.807, 2.05) is 6.92 Å². The topological polar surface area (TPSA) is 92.2 Å². The fraction of sp³-hybridized carbons (Fsp3) is 0.0667. The maximum atomic E-state index is 12.0. The summed E-state index contributed by atoms with van der Waals surface area (Å²) in [6, 6.07) is 5.27. The first-order valence-corrected chi connectivity index (χ1v) is 6.15. The molecule has 0 aliphatic rings. The minimum Gasteiger partial charge on any atom is -0.478 e. The van der Waals surface area contributed by atoms with E-state index in [-0.39, 0.29) is 11.6 Å². The van der Waals surface area contributed by atoms with Gasteiger partial charge in [-0.05, 0) is 30.2 Å². The third kappa shape index (κ3) is 3.97. The Labute approximate surface area is 121 Å². The largest absolute Gasteiger partial charge is 0.478 e. The van der Waals surface area contributed by atoms with Crippen LogP contribution in [0.4, 0.5) is 5.69 Å². The van der Waals surface area contributed by atoms with E-state index in [4.69, 9.17) is 5.11 Å². The van der Waals surface area contributed by atoms with Crippen LogP contribution in [0.15, 0.2) is 42.9 Å². The van der Waals surface area contributed by atoms with Gasteiger partial charge in [0, 0.05) is 24.2 Å². The zero-order valence-corrected chi connectivity index (χ0v) is 11.3. The normalized spacial score (nSPS) is 10.5. The van der Waals surface area contributed by atoms with Crippen molar-refractivity contribution in [1.82, 2.24) is 9.97 Å². The molecule has 2 rings (SSSR count).